The molecule has 2 fully saturated rings. The Balaban J connectivity index is 1.83. The smallest absolute Gasteiger partial charge is 0.101 e. The lowest BCUT2D eigenvalue weighted by Gasteiger charge is -2.21. The van der Waals surface area contributed by atoms with E-state index in [1.54, 1.807) is 6.07 Å². The minimum atomic E-state index is -0.149. The molecule has 1 aromatic carbocycles. The van der Waals surface area contributed by atoms with Gasteiger partial charge in [0.2, 0.25) is 0 Å². The molecule has 0 aromatic heterocycles. The van der Waals surface area contributed by atoms with Crippen LogP contribution in [0.4, 0.5) is 11.4 Å². The number of hydrogen-bond acceptors (Lipinski definition) is 4. The van der Waals surface area contributed by atoms with Crippen LogP contribution in [0.25, 0.3) is 0 Å². The molecule has 0 spiro atoms. The molecule has 1 aromatic rings. The summed E-state index contributed by atoms with van der Waals surface area (Å²) in [6.07, 6.45) is 1.90. The van der Waals surface area contributed by atoms with Gasteiger partial charge >= 0.3 is 0 Å². The molecule has 3 atom stereocenters. The van der Waals surface area contributed by atoms with E-state index in [4.69, 9.17) is 11.0 Å². The SMILES string of the molecule is N#Cc1cc(N2CC3CCC(O)C3C2)ccc1N. The second-order valence-electron chi connectivity index (χ2n) is 5.36. The summed E-state index contributed by atoms with van der Waals surface area (Å²) in [5.41, 5.74) is 7.84. The molecule has 0 bridgehead atoms. The predicted octanol–water partition coefficient (Wildman–Crippen LogP) is 1.35. The lowest BCUT2D eigenvalue weighted by molar-refractivity contribution is 0.133. The Bertz CT molecular complexity index is 508. The zero-order valence-electron chi connectivity index (χ0n) is 10.2. The molecule has 94 valence electrons. The number of nitrogen functional groups attached to an aromatic ring is 1. The predicted molar refractivity (Wildman–Crippen MR) is 70.0 cm³/mol. The number of benzene rings is 1. The first-order valence-electron chi connectivity index (χ1n) is 6.41. The fourth-order valence-corrected chi connectivity index (χ4v) is 3.29. The van der Waals surface area contributed by atoms with Crippen LogP contribution >= 0.6 is 0 Å². The average Bonchev–Trinajstić information content (AvgIpc) is 2.93. The Morgan fingerprint density at radius 2 is 2.17 bits per heavy atom. The van der Waals surface area contributed by atoms with Crippen molar-refractivity contribution in [2.45, 2.75) is 18.9 Å². The Morgan fingerprint density at radius 3 is 2.89 bits per heavy atom. The molecule has 4 nitrogen and oxygen atoms in total. The van der Waals surface area contributed by atoms with Crippen LogP contribution in [-0.4, -0.2) is 24.3 Å². The Morgan fingerprint density at radius 1 is 1.33 bits per heavy atom. The second-order valence-corrected chi connectivity index (χ2v) is 5.36. The van der Waals surface area contributed by atoms with E-state index >= 15 is 0 Å². The molecule has 3 unspecified atom stereocenters. The van der Waals surface area contributed by atoms with Crippen molar-refractivity contribution >= 4 is 11.4 Å². The minimum absolute atomic E-state index is 0.149. The van der Waals surface area contributed by atoms with Crippen molar-refractivity contribution in [3.05, 3.63) is 23.8 Å². The highest BCUT2D eigenvalue weighted by Crippen LogP contribution is 2.40. The van der Waals surface area contributed by atoms with Crippen LogP contribution in [0.2, 0.25) is 0 Å². The van der Waals surface area contributed by atoms with Crippen LogP contribution in [0.1, 0.15) is 18.4 Å². The van der Waals surface area contributed by atoms with Gasteiger partial charge in [-0.3, -0.25) is 0 Å². The van der Waals surface area contributed by atoms with Gasteiger partial charge in [0.15, 0.2) is 0 Å². The van der Waals surface area contributed by atoms with Crippen LogP contribution in [0.5, 0.6) is 0 Å². The number of rotatable bonds is 1. The van der Waals surface area contributed by atoms with Crippen molar-refractivity contribution in [1.29, 1.82) is 5.26 Å². The average molecular weight is 243 g/mol. The molecule has 1 heterocycles. The number of aliphatic hydroxyl groups is 1. The van der Waals surface area contributed by atoms with Gasteiger partial charge in [-0.15, -0.1) is 0 Å². The molecule has 0 radical (unpaired) electrons. The van der Waals surface area contributed by atoms with Crippen LogP contribution in [-0.2, 0) is 0 Å². The Kier molecular flexibility index (Phi) is 2.64. The highest BCUT2D eigenvalue weighted by atomic mass is 16.3. The van der Waals surface area contributed by atoms with Gasteiger partial charge in [-0.1, -0.05) is 0 Å². The van der Waals surface area contributed by atoms with Gasteiger partial charge in [0.25, 0.3) is 0 Å². The molecule has 1 saturated heterocycles. The van der Waals surface area contributed by atoms with E-state index in [9.17, 15) is 5.11 Å². The maximum atomic E-state index is 9.91. The fourth-order valence-electron chi connectivity index (χ4n) is 3.29. The molecular weight excluding hydrogens is 226 g/mol. The summed E-state index contributed by atoms with van der Waals surface area (Å²) in [4.78, 5) is 2.26. The monoisotopic (exact) mass is 243 g/mol. The van der Waals surface area contributed by atoms with Gasteiger partial charge in [-0.05, 0) is 37.0 Å². The molecule has 0 amide bonds. The summed E-state index contributed by atoms with van der Waals surface area (Å²) in [6.45, 7) is 1.87. The quantitative estimate of drug-likeness (QED) is 0.730. The third kappa shape index (κ3) is 1.72. The summed E-state index contributed by atoms with van der Waals surface area (Å²) >= 11 is 0. The van der Waals surface area contributed by atoms with E-state index in [0.29, 0.717) is 23.1 Å². The van der Waals surface area contributed by atoms with Crippen molar-refractivity contribution < 1.29 is 5.11 Å². The van der Waals surface area contributed by atoms with E-state index in [1.165, 1.54) is 0 Å². The molecule has 2 aliphatic rings. The maximum Gasteiger partial charge on any atom is 0.101 e. The van der Waals surface area contributed by atoms with E-state index in [1.807, 2.05) is 12.1 Å². The first-order valence-corrected chi connectivity index (χ1v) is 6.41. The van der Waals surface area contributed by atoms with Crippen molar-refractivity contribution in [3.63, 3.8) is 0 Å². The van der Waals surface area contributed by atoms with Crippen LogP contribution in [0.3, 0.4) is 0 Å². The zero-order chi connectivity index (χ0) is 12.7. The summed E-state index contributed by atoms with van der Waals surface area (Å²) < 4.78 is 0. The first-order chi connectivity index (χ1) is 8.69. The number of anilines is 2. The second kappa shape index (κ2) is 4.18. The topological polar surface area (TPSA) is 73.3 Å². The van der Waals surface area contributed by atoms with Gasteiger partial charge in [0.1, 0.15) is 6.07 Å². The summed E-state index contributed by atoms with van der Waals surface area (Å²) in [5, 5.41) is 18.9. The van der Waals surface area contributed by atoms with Crippen molar-refractivity contribution in [3.8, 4) is 6.07 Å². The van der Waals surface area contributed by atoms with Crippen molar-refractivity contribution in [2.24, 2.45) is 11.8 Å². The highest BCUT2D eigenvalue weighted by Gasteiger charge is 2.41. The largest absolute Gasteiger partial charge is 0.398 e. The fraction of sp³-hybridized carbons (Fsp3) is 0.500. The van der Waals surface area contributed by atoms with Gasteiger partial charge in [-0.2, -0.15) is 5.26 Å². The van der Waals surface area contributed by atoms with E-state index in [2.05, 4.69) is 11.0 Å². The number of nitrogens with two attached hydrogens (primary N) is 1. The van der Waals surface area contributed by atoms with E-state index in [0.717, 1.165) is 31.6 Å². The lowest BCUT2D eigenvalue weighted by atomic mass is 10.00. The molecule has 3 N–H and O–H groups in total. The third-order valence-corrected chi connectivity index (χ3v) is 4.34. The number of nitrogens with zero attached hydrogens (tertiary/aromatic N) is 2. The van der Waals surface area contributed by atoms with E-state index < -0.39 is 0 Å². The van der Waals surface area contributed by atoms with Gasteiger partial charge in [0.05, 0.1) is 11.7 Å². The Hall–Kier alpha value is -1.73. The molecule has 4 heteroatoms. The van der Waals surface area contributed by atoms with Crippen LogP contribution < -0.4 is 10.6 Å². The first kappa shape index (κ1) is 11.4. The van der Waals surface area contributed by atoms with Gasteiger partial charge < -0.3 is 15.7 Å². The Labute approximate surface area is 107 Å². The lowest BCUT2D eigenvalue weighted by Crippen LogP contribution is -2.24. The molecule has 18 heavy (non-hydrogen) atoms. The van der Waals surface area contributed by atoms with Gasteiger partial charge in [0, 0.05) is 30.4 Å². The molecule has 1 aliphatic carbocycles. The number of hydrogen-bond donors (Lipinski definition) is 2. The minimum Gasteiger partial charge on any atom is -0.398 e. The van der Waals surface area contributed by atoms with Crippen LogP contribution in [0, 0.1) is 23.2 Å². The zero-order valence-corrected chi connectivity index (χ0v) is 10.2. The molecule has 1 aliphatic heterocycles. The number of aliphatic hydroxyl groups excluding tert-OH is 1. The van der Waals surface area contributed by atoms with Crippen molar-refractivity contribution in [2.75, 3.05) is 23.7 Å². The molecular formula is C14H17N3O. The molecule has 3 rings (SSSR count). The van der Waals surface area contributed by atoms with E-state index in [-0.39, 0.29) is 6.10 Å². The summed E-state index contributed by atoms with van der Waals surface area (Å²) in [7, 11) is 0. The standard InChI is InChI=1S/C14H17N3O/c15-6-10-5-11(2-3-13(10)16)17-7-9-1-4-14(18)12(9)8-17/h2-3,5,9,12,14,18H,1,4,7-8,16H2. The maximum absolute atomic E-state index is 9.91. The normalized spacial score (nSPS) is 30.2. The number of fused-ring (bicyclic) bond motifs is 1. The molecule has 1 saturated carbocycles. The highest BCUT2D eigenvalue weighted by molar-refractivity contribution is 5.63. The summed E-state index contributed by atoms with van der Waals surface area (Å²) in [6, 6.07) is 7.72. The van der Waals surface area contributed by atoms with Crippen LogP contribution in [0.15, 0.2) is 18.2 Å². The number of nitriles is 1. The van der Waals surface area contributed by atoms with Gasteiger partial charge in [-0.25, -0.2) is 0 Å². The summed E-state index contributed by atoms with van der Waals surface area (Å²) in [5.74, 6) is 0.996. The van der Waals surface area contributed by atoms with Crippen molar-refractivity contribution in [1.82, 2.24) is 0 Å². The third-order valence-electron chi connectivity index (χ3n) is 4.34.